The second kappa shape index (κ2) is 7.95. The number of ether oxygens (including phenoxy) is 1. The van der Waals surface area contributed by atoms with E-state index in [1.807, 2.05) is 39.0 Å². The zero-order valence-corrected chi connectivity index (χ0v) is 18.1. The van der Waals surface area contributed by atoms with Crippen molar-refractivity contribution in [2.24, 2.45) is 0 Å². The fourth-order valence-electron chi connectivity index (χ4n) is 2.79. The summed E-state index contributed by atoms with van der Waals surface area (Å²) in [5.41, 5.74) is 2.88. The molecule has 142 valence electrons. The number of nitrogens with zero attached hydrogens (tertiary/aromatic N) is 2. The van der Waals surface area contributed by atoms with Gasteiger partial charge in [-0.25, -0.2) is 14.8 Å². The van der Waals surface area contributed by atoms with E-state index >= 15 is 0 Å². The summed E-state index contributed by atoms with van der Waals surface area (Å²) in [5, 5.41) is 1.87. The molecule has 0 spiro atoms. The highest BCUT2D eigenvalue weighted by atomic mass is 32.1. The van der Waals surface area contributed by atoms with Crippen LogP contribution in [0.25, 0.3) is 30.2 Å². The third-order valence-corrected chi connectivity index (χ3v) is 7.89. The summed E-state index contributed by atoms with van der Waals surface area (Å²) in [7, 11) is 0. The zero-order chi connectivity index (χ0) is 19.7. The summed E-state index contributed by atoms with van der Waals surface area (Å²) in [6, 6.07) is 14.4. The van der Waals surface area contributed by atoms with Crippen LogP contribution >= 0.6 is 34.0 Å². The van der Waals surface area contributed by atoms with Crippen molar-refractivity contribution in [1.82, 2.24) is 9.97 Å². The summed E-state index contributed by atoms with van der Waals surface area (Å²) >= 11 is 4.77. The van der Waals surface area contributed by atoms with Gasteiger partial charge in [0.2, 0.25) is 0 Å². The van der Waals surface area contributed by atoms with Gasteiger partial charge in [-0.1, -0.05) is 30.3 Å². The SMILES string of the molecule is CCOC(=O)c1sc(-c2ccc(-c3sc(-c4ccccc4)nc3C)s2)nc1C. The standard InChI is InChI=1S/C21H18N2O2S3/c1-4-25-21(24)18-13(3)23-20(28-18)16-11-10-15(26-16)17-12(2)22-19(27-17)14-8-6-5-7-9-14/h5-11H,4H2,1-3H3. The van der Waals surface area contributed by atoms with Gasteiger partial charge in [-0.3, -0.25) is 0 Å². The minimum absolute atomic E-state index is 0.300. The first-order valence-electron chi connectivity index (χ1n) is 8.84. The quantitative estimate of drug-likeness (QED) is 0.344. The van der Waals surface area contributed by atoms with E-state index in [4.69, 9.17) is 9.72 Å². The minimum atomic E-state index is -0.300. The Morgan fingerprint density at radius 1 is 0.893 bits per heavy atom. The van der Waals surface area contributed by atoms with Crippen molar-refractivity contribution in [3.05, 3.63) is 58.7 Å². The third-order valence-electron chi connectivity index (χ3n) is 4.12. The Morgan fingerprint density at radius 3 is 2.36 bits per heavy atom. The van der Waals surface area contributed by atoms with Crippen molar-refractivity contribution in [1.29, 1.82) is 0 Å². The molecule has 28 heavy (non-hydrogen) atoms. The van der Waals surface area contributed by atoms with Gasteiger partial charge in [0.25, 0.3) is 0 Å². The van der Waals surface area contributed by atoms with E-state index in [0.717, 1.165) is 31.0 Å². The van der Waals surface area contributed by atoms with Gasteiger partial charge < -0.3 is 4.74 Å². The maximum Gasteiger partial charge on any atom is 0.350 e. The van der Waals surface area contributed by atoms with Crippen LogP contribution in [0.1, 0.15) is 28.0 Å². The average Bonchev–Trinajstić information content (AvgIpc) is 3.40. The van der Waals surface area contributed by atoms with Gasteiger partial charge in [0, 0.05) is 10.4 Å². The van der Waals surface area contributed by atoms with Crippen LogP contribution in [-0.2, 0) is 4.74 Å². The summed E-state index contributed by atoms with van der Waals surface area (Å²) in [6.07, 6.45) is 0. The molecule has 0 bridgehead atoms. The van der Waals surface area contributed by atoms with Gasteiger partial charge in [-0.05, 0) is 32.9 Å². The number of thiazole rings is 2. The number of hydrogen-bond donors (Lipinski definition) is 0. The molecule has 0 aliphatic rings. The second-order valence-electron chi connectivity index (χ2n) is 6.12. The van der Waals surface area contributed by atoms with E-state index in [1.54, 1.807) is 22.7 Å². The summed E-state index contributed by atoms with van der Waals surface area (Å²) in [4.78, 5) is 25.4. The number of thiophene rings is 1. The molecule has 0 aliphatic carbocycles. The number of benzene rings is 1. The topological polar surface area (TPSA) is 52.1 Å². The number of carbonyl (C=O) groups excluding carboxylic acids is 1. The smallest absolute Gasteiger partial charge is 0.350 e. The molecular weight excluding hydrogens is 408 g/mol. The predicted octanol–water partition coefficient (Wildman–Crippen LogP) is 6.46. The Kier molecular flexibility index (Phi) is 5.39. The Labute approximate surface area is 175 Å². The van der Waals surface area contributed by atoms with E-state index in [9.17, 15) is 4.79 Å². The molecule has 0 saturated heterocycles. The molecule has 0 aliphatic heterocycles. The van der Waals surface area contributed by atoms with Crippen molar-refractivity contribution >= 4 is 40.0 Å². The van der Waals surface area contributed by atoms with E-state index in [0.29, 0.717) is 17.2 Å². The molecule has 4 aromatic rings. The molecule has 4 rings (SSSR count). The molecule has 0 amide bonds. The number of aromatic nitrogens is 2. The number of esters is 1. The lowest BCUT2D eigenvalue weighted by atomic mass is 10.2. The van der Waals surface area contributed by atoms with Crippen LogP contribution in [0.4, 0.5) is 0 Å². The first-order valence-corrected chi connectivity index (χ1v) is 11.3. The van der Waals surface area contributed by atoms with Crippen LogP contribution in [0, 0.1) is 13.8 Å². The predicted molar refractivity (Wildman–Crippen MR) is 117 cm³/mol. The molecule has 0 N–H and O–H groups in total. The summed E-state index contributed by atoms with van der Waals surface area (Å²) < 4.78 is 5.12. The lowest BCUT2D eigenvalue weighted by Gasteiger charge is -1.97. The highest BCUT2D eigenvalue weighted by Gasteiger charge is 2.19. The van der Waals surface area contributed by atoms with Gasteiger partial charge in [0.1, 0.15) is 14.9 Å². The van der Waals surface area contributed by atoms with E-state index < -0.39 is 0 Å². The Balaban J connectivity index is 1.65. The molecule has 3 heterocycles. The monoisotopic (exact) mass is 426 g/mol. The molecular formula is C21H18N2O2S3. The molecule has 7 heteroatoms. The first kappa shape index (κ1) is 19.0. The summed E-state index contributed by atoms with van der Waals surface area (Å²) in [6.45, 7) is 6.06. The molecule has 4 nitrogen and oxygen atoms in total. The Morgan fingerprint density at radius 2 is 1.61 bits per heavy atom. The van der Waals surface area contributed by atoms with Crippen LogP contribution < -0.4 is 0 Å². The average molecular weight is 427 g/mol. The maximum atomic E-state index is 12.1. The van der Waals surface area contributed by atoms with Gasteiger partial charge in [-0.2, -0.15) is 0 Å². The van der Waals surface area contributed by atoms with Crippen LogP contribution in [0.2, 0.25) is 0 Å². The molecule has 0 unspecified atom stereocenters. The number of carbonyl (C=O) groups is 1. The maximum absolute atomic E-state index is 12.1. The normalized spacial score (nSPS) is 11.0. The lowest BCUT2D eigenvalue weighted by molar-refractivity contribution is 0.0531. The van der Waals surface area contributed by atoms with Crippen molar-refractivity contribution in [3.63, 3.8) is 0 Å². The van der Waals surface area contributed by atoms with E-state index in [1.165, 1.54) is 16.2 Å². The first-order chi connectivity index (χ1) is 13.6. The fourth-order valence-corrected chi connectivity index (χ4v) is 6.05. The summed E-state index contributed by atoms with van der Waals surface area (Å²) in [5.74, 6) is -0.300. The number of aryl methyl sites for hydroxylation is 2. The van der Waals surface area contributed by atoms with Crippen LogP contribution in [0.5, 0.6) is 0 Å². The van der Waals surface area contributed by atoms with Crippen LogP contribution in [-0.4, -0.2) is 22.5 Å². The minimum Gasteiger partial charge on any atom is -0.462 e. The third kappa shape index (κ3) is 3.65. The van der Waals surface area contributed by atoms with Crippen molar-refractivity contribution in [2.45, 2.75) is 20.8 Å². The molecule has 0 fully saturated rings. The molecule has 0 radical (unpaired) electrons. The Bertz CT molecular complexity index is 1130. The molecule has 0 atom stereocenters. The van der Waals surface area contributed by atoms with Gasteiger partial charge >= 0.3 is 5.97 Å². The number of rotatable bonds is 5. The molecule has 3 aromatic heterocycles. The number of hydrogen-bond acceptors (Lipinski definition) is 7. The molecule has 1 aromatic carbocycles. The van der Waals surface area contributed by atoms with Crippen molar-refractivity contribution in [3.8, 4) is 30.2 Å². The van der Waals surface area contributed by atoms with E-state index in [2.05, 4.69) is 29.2 Å². The van der Waals surface area contributed by atoms with Crippen molar-refractivity contribution in [2.75, 3.05) is 6.61 Å². The molecule has 0 saturated carbocycles. The van der Waals surface area contributed by atoms with Crippen molar-refractivity contribution < 1.29 is 9.53 Å². The van der Waals surface area contributed by atoms with Gasteiger partial charge in [0.15, 0.2) is 0 Å². The zero-order valence-electron chi connectivity index (χ0n) is 15.7. The largest absolute Gasteiger partial charge is 0.462 e. The van der Waals surface area contributed by atoms with Gasteiger partial charge in [0.05, 0.1) is 27.7 Å². The highest BCUT2D eigenvalue weighted by Crippen LogP contribution is 2.42. The van der Waals surface area contributed by atoms with Gasteiger partial charge in [-0.15, -0.1) is 34.0 Å². The van der Waals surface area contributed by atoms with E-state index in [-0.39, 0.29) is 5.97 Å². The fraction of sp³-hybridized carbons (Fsp3) is 0.190. The highest BCUT2D eigenvalue weighted by molar-refractivity contribution is 7.27. The van der Waals surface area contributed by atoms with Crippen LogP contribution in [0.15, 0.2) is 42.5 Å². The second-order valence-corrected chi connectivity index (χ2v) is 9.20. The lowest BCUT2D eigenvalue weighted by Crippen LogP contribution is -2.03. The van der Waals surface area contributed by atoms with Crippen LogP contribution in [0.3, 0.4) is 0 Å². The Hall–Kier alpha value is -2.35.